The normalized spacial score (nSPS) is 21.9. The molecule has 0 radical (unpaired) electrons. The number of rotatable bonds is 6. The van der Waals surface area contributed by atoms with Crippen molar-refractivity contribution in [3.8, 4) is 0 Å². The average Bonchev–Trinajstić information content (AvgIpc) is 2.74. The molecule has 2 aromatic carbocycles. The predicted octanol–water partition coefficient (Wildman–Crippen LogP) is 5.56. The van der Waals surface area contributed by atoms with Crippen LogP contribution in [0.4, 0.5) is 4.39 Å². The molecule has 0 spiro atoms. The maximum absolute atomic E-state index is 14.4. The quantitative estimate of drug-likeness (QED) is 0.533. The third-order valence-corrected chi connectivity index (χ3v) is 6.82. The van der Waals surface area contributed by atoms with Gasteiger partial charge in [0, 0.05) is 10.4 Å². The molecule has 0 aliphatic heterocycles. The molecule has 1 saturated carbocycles. The maximum Gasteiger partial charge on any atom is 0.310 e. The molecule has 3 rings (SSSR count). The number of ketones is 1. The van der Waals surface area contributed by atoms with E-state index in [9.17, 15) is 23.9 Å². The Morgan fingerprint density at radius 3 is 2.52 bits per heavy atom. The van der Waals surface area contributed by atoms with Gasteiger partial charge in [-0.1, -0.05) is 58.6 Å². The fraction of sp³-hybridized carbons (Fsp3) is 0.348. The lowest BCUT2D eigenvalue weighted by Crippen LogP contribution is -2.47. The average molecular weight is 511 g/mol. The summed E-state index contributed by atoms with van der Waals surface area (Å²) in [6.07, 6.45) is 2.23. The summed E-state index contributed by atoms with van der Waals surface area (Å²) in [5, 5.41) is 12.2. The number of nitrogens with one attached hydrogen (secondary N) is 1. The first-order valence-corrected chi connectivity index (χ1v) is 11.1. The van der Waals surface area contributed by atoms with Crippen molar-refractivity contribution in [2.45, 2.75) is 38.6 Å². The summed E-state index contributed by atoms with van der Waals surface area (Å²) in [5.74, 6) is -3.89. The molecule has 1 fully saturated rings. The number of aliphatic carboxylic acids is 1. The van der Waals surface area contributed by atoms with Crippen molar-refractivity contribution in [2.75, 3.05) is 0 Å². The lowest BCUT2D eigenvalue weighted by molar-refractivity contribution is -0.158. The predicted molar refractivity (Wildman–Crippen MR) is 118 cm³/mol. The number of Topliss-reactive ketones (excluding diaryl/α,β-unsaturated/α-hetero) is 1. The maximum atomic E-state index is 14.4. The molecule has 5 nitrogen and oxygen atoms in total. The highest BCUT2D eigenvalue weighted by Crippen LogP contribution is 2.43. The third-order valence-electron chi connectivity index (χ3n) is 6.00. The van der Waals surface area contributed by atoms with E-state index in [2.05, 4.69) is 21.2 Å². The Labute approximate surface area is 193 Å². The number of benzene rings is 2. The first-order valence-electron chi connectivity index (χ1n) is 9.92. The number of carbonyl (C=O) groups excluding carboxylic acids is 2. The fourth-order valence-electron chi connectivity index (χ4n) is 4.11. The number of halogens is 3. The van der Waals surface area contributed by atoms with Gasteiger partial charge in [-0.2, -0.15) is 0 Å². The van der Waals surface area contributed by atoms with Crippen molar-refractivity contribution >= 4 is 45.2 Å². The van der Waals surface area contributed by atoms with Gasteiger partial charge in [-0.05, 0) is 49.6 Å². The second-order valence-corrected chi connectivity index (χ2v) is 9.31. The molecule has 0 aromatic heterocycles. The standard InChI is InChI=1S/C23H22BrClFNO4/c1-23(22(30)31)12-3-2-6-16(23)20(28)19(13-8-10-14(24)11-9-13)27-21(29)15-5-4-7-17(25)18(15)26/h4-5,7-11,16,19H,2-3,6,12H2,1H3,(H,27,29)(H,30,31)/t16-,19?,23+/m0/s1. The zero-order valence-electron chi connectivity index (χ0n) is 16.8. The van der Waals surface area contributed by atoms with Crippen LogP contribution in [0.5, 0.6) is 0 Å². The second-order valence-electron chi connectivity index (χ2n) is 7.98. The molecule has 1 amide bonds. The van der Waals surface area contributed by atoms with Gasteiger partial charge in [0.15, 0.2) is 11.6 Å². The molecule has 1 aliphatic rings. The highest BCUT2D eigenvalue weighted by atomic mass is 79.9. The Morgan fingerprint density at radius 2 is 1.87 bits per heavy atom. The molecule has 0 bridgehead atoms. The highest BCUT2D eigenvalue weighted by Gasteiger charge is 2.48. The molecule has 3 atom stereocenters. The molecular weight excluding hydrogens is 489 g/mol. The molecule has 164 valence electrons. The summed E-state index contributed by atoms with van der Waals surface area (Å²) in [5.41, 5.74) is -1.02. The van der Waals surface area contributed by atoms with Gasteiger partial charge in [-0.3, -0.25) is 14.4 Å². The van der Waals surface area contributed by atoms with Crippen molar-refractivity contribution in [1.29, 1.82) is 0 Å². The minimum absolute atomic E-state index is 0.204. The lowest BCUT2D eigenvalue weighted by atomic mass is 9.64. The van der Waals surface area contributed by atoms with Crippen LogP contribution in [0.1, 0.15) is 54.6 Å². The molecule has 8 heteroatoms. The van der Waals surface area contributed by atoms with E-state index in [-0.39, 0.29) is 10.6 Å². The van der Waals surface area contributed by atoms with E-state index in [0.29, 0.717) is 18.4 Å². The Bertz CT molecular complexity index is 1010. The van der Waals surface area contributed by atoms with Crippen molar-refractivity contribution < 1.29 is 23.9 Å². The van der Waals surface area contributed by atoms with Gasteiger partial charge in [0.05, 0.1) is 16.0 Å². The highest BCUT2D eigenvalue weighted by molar-refractivity contribution is 9.10. The minimum Gasteiger partial charge on any atom is -0.481 e. The fourth-order valence-corrected chi connectivity index (χ4v) is 4.55. The first-order chi connectivity index (χ1) is 14.6. The molecule has 1 unspecified atom stereocenters. The van der Waals surface area contributed by atoms with Gasteiger partial charge in [0.1, 0.15) is 6.04 Å². The zero-order chi connectivity index (χ0) is 22.8. The monoisotopic (exact) mass is 509 g/mol. The SMILES string of the molecule is C[C@@]1(C(=O)O)CCCC[C@H]1C(=O)C(NC(=O)c1cccc(Cl)c1F)c1ccc(Br)cc1. The van der Waals surface area contributed by atoms with Gasteiger partial charge in [-0.25, -0.2) is 4.39 Å². The largest absolute Gasteiger partial charge is 0.481 e. The van der Waals surface area contributed by atoms with Crippen LogP contribution in [0.25, 0.3) is 0 Å². The van der Waals surface area contributed by atoms with E-state index in [1.807, 2.05) is 0 Å². The number of hydrogen-bond donors (Lipinski definition) is 2. The molecular formula is C23H22BrClFNO4. The number of amides is 1. The van der Waals surface area contributed by atoms with Crippen LogP contribution in [-0.2, 0) is 9.59 Å². The number of carboxylic acids is 1. The van der Waals surface area contributed by atoms with Gasteiger partial charge in [0.2, 0.25) is 0 Å². The Kier molecular flexibility index (Phi) is 7.17. The van der Waals surface area contributed by atoms with Gasteiger partial charge in [0.25, 0.3) is 5.91 Å². The van der Waals surface area contributed by atoms with E-state index < -0.39 is 40.9 Å². The minimum atomic E-state index is -1.23. The summed E-state index contributed by atoms with van der Waals surface area (Å²) in [4.78, 5) is 38.5. The zero-order valence-corrected chi connectivity index (χ0v) is 19.2. The van der Waals surface area contributed by atoms with Crippen molar-refractivity contribution in [1.82, 2.24) is 5.32 Å². The Balaban J connectivity index is 1.99. The lowest BCUT2D eigenvalue weighted by Gasteiger charge is -2.38. The molecule has 0 heterocycles. The van der Waals surface area contributed by atoms with Crippen LogP contribution in [0, 0.1) is 17.2 Å². The molecule has 1 aliphatic carbocycles. The molecule has 2 N–H and O–H groups in total. The summed E-state index contributed by atoms with van der Waals surface area (Å²) in [6.45, 7) is 1.58. The topological polar surface area (TPSA) is 83.5 Å². The van der Waals surface area contributed by atoms with Crippen LogP contribution in [0.15, 0.2) is 46.9 Å². The van der Waals surface area contributed by atoms with Crippen LogP contribution < -0.4 is 5.32 Å². The summed E-state index contributed by atoms with van der Waals surface area (Å²) in [6, 6.07) is 9.70. The third kappa shape index (κ3) is 4.83. The van der Waals surface area contributed by atoms with E-state index in [0.717, 1.165) is 17.3 Å². The Morgan fingerprint density at radius 1 is 1.19 bits per heavy atom. The summed E-state index contributed by atoms with van der Waals surface area (Å²) >= 11 is 9.13. The number of carbonyl (C=O) groups is 3. The summed E-state index contributed by atoms with van der Waals surface area (Å²) < 4.78 is 15.2. The van der Waals surface area contributed by atoms with Crippen LogP contribution in [-0.4, -0.2) is 22.8 Å². The molecule has 31 heavy (non-hydrogen) atoms. The molecule has 0 saturated heterocycles. The van der Waals surface area contributed by atoms with Crippen molar-refractivity contribution in [2.24, 2.45) is 11.3 Å². The number of carboxylic acid groups (broad SMARTS) is 1. The van der Waals surface area contributed by atoms with E-state index in [1.165, 1.54) is 18.2 Å². The first kappa shape index (κ1) is 23.4. The van der Waals surface area contributed by atoms with E-state index >= 15 is 0 Å². The van der Waals surface area contributed by atoms with Crippen molar-refractivity contribution in [3.63, 3.8) is 0 Å². The molecule has 2 aromatic rings. The van der Waals surface area contributed by atoms with E-state index in [1.54, 1.807) is 31.2 Å². The van der Waals surface area contributed by atoms with Gasteiger partial charge >= 0.3 is 5.97 Å². The van der Waals surface area contributed by atoms with Crippen molar-refractivity contribution in [3.05, 3.63) is 68.9 Å². The van der Waals surface area contributed by atoms with Gasteiger partial charge in [-0.15, -0.1) is 0 Å². The Hall–Kier alpha value is -2.25. The smallest absolute Gasteiger partial charge is 0.310 e. The van der Waals surface area contributed by atoms with Crippen LogP contribution in [0.3, 0.4) is 0 Å². The summed E-state index contributed by atoms with van der Waals surface area (Å²) in [7, 11) is 0. The van der Waals surface area contributed by atoms with E-state index in [4.69, 9.17) is 11.6 Å². The van der Waals surface area contributed by atoms with Crippen LogP contribution in [0.2, 0.25) is 5.02 Å². The van der Waals surface area contributed by atoms with Crippen LogP contribution >= 0.6 is 27.5 Å². The number of hydrogen-bond acceptors (Lipinski definition) is 3. The second kappa shape index (κ2) is 9.49. The van der Waals surface area contributed by atoms with Gasteiger partial charge < -0.3 is 10.4 Å².